The van der Waals surface area contributed by atoms with E-state index < -0.39 is 26.5 Å². The Morgan fingerprint density at radius 1 is 0.508 bits per heavy atom. The van der Waals surface area contributed by atoms with Crippen molar-refractivity contribution in [3.63, 3.8) is 0 Å². The van der Waals surface area contributed by atoms with Gasteiger partial charge in [-0.2, -0.15) is 0 Å². The number of phosphoric acid groups is 1. The van der Waals surface area contributed by atoms with E-state index in [0.717, 1.165) is 57.8 Å². The van der Waals surface area contributed by atoms with Crippen molar-refractivity contribution >= 4 is 19.8 Å². The topological polar surface area (TPSA) is 134 Å². The molecule has 1 unspecified atom stereocenters. The SMILES string of the molecule is CCCCC/C=C\C/C=C\C/C=C\C/C=C\CCCCCC(=O)O[C@H](COC(=O)CCCCCCCCCCCCCCCCCCCCC)COP(=O)(O)OCCN. The first-order valence-corrected chi connectivity index (χ1v) is 25.6. The Hall–Kier alpha value is -2.03. The van der Waals surface area contributed by atoms with Crippen molar-refractivity contribution in [2.24, 2.45) is 5.73 Å². The molecule has 0 bridgehead atoms. The minimum absolute atomic E-state index is 0.0474. The van der Waals surface area contributed by atoms with Crippen molar-refractivity contribution in [3.05, 3.63) is 48.6 Å². The Kier molecular flexibility index (Phi) is 43.9. The molecule has 0 fully saturated rings. The lowest BCUT2D eigenvalue weighted by atomic mass is 10.0. The Labute approximate surface area is 362 Å². The lowest BCUT2D eigenvalue weighted by Crippen LogP contribution is -2.29. The number of nitrogens with two attached hydrogens (primary N) is 1. The molecule has 0 aliphatic heterocycles. The first-order chi connectivity index (χ1) is 28.8. The van der Waals surface area contributed by atoms with Crippen molar-refractivity contribution in [1.29, 1.82) is 0 Å². The molecule has 0 rings (SSSR count). The fourth-order valence-corrected chi connectivity index (χ4v) is 7.38. The molecular weight excluding hydrogens is 762 g/mol. The summed E-state index contributed by atoms with van der Waals surface area (Å²) in [5, 5.41) is 0. The molecule has 0 aromatic carbocycles. The summed E-state index contributed by atoms with van der Waals surface area (Å²) in [5.41, 5.74) is 5.36. The Morgan fingerprint density at radius 2 is 0.881 bits per heavy atom. The first-order valence-electron chi connectivity index (χ1n) is 24.1. The zero-order chi connectivity index (χ0) is 43.2. The lowest BCUT2D eigenvalue weighted by molar-refractivity contribution is -0.161. The van der Waals surface area contributed by atoms with Gasteiger partial charge in [-0.3, -0.25) is 18.6 Å². The molecule has 9 nitrogen and oxygen atoms in total. The third kappa shape index (κ3) is 45.3. The highest BCUT2D eigenvalue weighted by Crippen LogP contribution is 2.43. The van der Waals surface area contributed by atoms with Gasteiger partial charge in [-0.25, -0.2) is 4.57 Å². The molecule has 2 atom stereocenters. The van der Waals surface area contributed by atoms with Gasteiger partial charge in [0.2, 0.25) is 0 Å². The van der Waals surface area contributed by atoms with Crippen molar-refractivity contribution in [1.82, 2.24) is 0 Å². The molecule has 0 aliphatic rings. The number of hydrogen-bond donors (Lipinski definition) is 2. The van der Waals surface area contributed by atoms with Crippen molar-refractivity contribution < 1.29 is 37.6 Å². The number of hydrogen-bond acceptors (Lipinski definition) is 8. The van der Waals surface area contributed by atoms with Crippen LogP contribution < -0.4 is 5.73 Å². The Bertz CT molecular complexity index is 1110. The molecular formula is C49H90NO8P. The molecule has 10 heteroatoms. The second-order valence-electron chi connectivity index (χ2n) is 16.0. The monoisotopic (exact) mass is 852 g/mol. The van der Waals surface area contributed by atoms with Gasteiger partial charge in [-0.15, -0.1) is 0 Å². The van der Waals surface area contributed by atoms with Crippen LogP contribution in [0.25, 0.3) is 0 Å². The predicted molar refractivity (Wildman–Crippen MR) is 247 cm³/mol. The molecule has 0 amide bonds. The summed E-state index contributed by atoms with van der Waals surface area (Å²) in [4.78, 5) is 35.0. The predicted octanol–water partition coefficient (Wildman–Crippen LogP) is 14.3. The largest absolute Gasteiger partial charge is 0.472 e. The van der Waals surface area contributed by atoms with Crippen molar-refractivity contribution in [3.8, 4) is 0 Å². The molecule has 3 N–H and O–H groups in total. The number of carbonyl (C=O) groups excluding carboxylic acids is 2. The molecule has 59 heavy (non-hydrogen) atoms. The van der Waals surface area contributed by atoms with Crippen LogP contribution in [0.2, 0.25) is 0 Å². The zero-order valence-corrected chi connectivity index (χ0v) is 38.9. The van der Waals surface area contributed by atoms with Crippen LogP contribution in [0.3, 0.4) is 0 Å². The quantitative estimate of drug-likeness (QED) is 0.0266. The highest BCUT2D eigenvalue weighted by atomic mass is 31.2. The number of rotatable bonds is 45. The molecule has 0 aromatic rings. The second-order valence-corrected chi connectivity index (χ2v) is 17.4. The second kappa shape index (κ2) is 45.5. The van der Waals surface area contributed by atoms with E-state index in [1.807, 2.05) is 0 Å². The molecule has 0 radical (unpaired) electrons. The van der Waals surface area contributed by atoms with Gasteiger partial charge in [0.25, 0.3) is 0 Å². The minimum Gasteiger partial charge on any atom is -0.462 e. The summed E-state index contributed by atoms with van der Waals surface area (Å²) >= 11 is 0. The number of ether oxygens (including phenoxy) is 2. The standard InChI is InChI=1S/C49H90NO8P/c1-3-5-7-9-11-13-15-17-19-21-23-25-27-29-31-33-35-37-39-41-48(51)55-45-47(46-57-59(53,54)56-44-43-50)58-49(52)42-40-38-36-34-32-30-28-26-24-22-20-18-16-14-12-10-8-6-4-2/h12,14,18,20,24,26,30,32,47H,3-11,13,15-17,19,21-23,25,27-29,31,33-46,50H2,1-2H3,(H,53,54)/b14-12-,20-18-,26-24-,32-30-/t47-/m1/s1. The van der Waals surface area contributed by atoms with E-state index in [2.05, 4.69) is 62.5 Å². The van der Waals surface area contributed by atoms with Crippen LogP contribution in [-0.2, 0) is 32.7 Å². The molecule has 0 aromatic heterocycles. The summed E-state index contributed by atoms with van der Waals surface area (Å²) in [6.07, 6.45) is 52.9. The van der Waals surface area contributed by atoms with Gasteiger partial charge in [0.1, 0.15) is 6.61 Å². The van der Waals surface area contributed by atoms with Gasteiger partial charge in [-0.05, 0) is 57.8 Å². The maximum Gasteiger partial charge on any atom is 0.472 e. The van der Waals surface area contributed by atoms with E-state index >= 15 is 0 Å². The molecule has 0 saturated heterocycles. The highest BCUT2D eigenvalue weighted by Gasteiger charge is 2.26. The normalized spacial score (nSPS) is 13.6. The van der Waals surface area contributed by atoms with Gasteiger partial charge in [-0.1, -0.05) is 197 Å². The lowest BCUT2D eigenvalue weighted by Gasteiger charge is -2.19. The summed E-state index contributed by atoms with van der Waals surface area (Å²) in [5.74, 6) is -0.858. The summed E-state index contributed by atoms with van der Waals surface area (Å²) in [6.45, 7) is 3.69. The highest BCUT2D eigenvalue weighted by molar-refractivity contribution is 7.47. The molecule has 0 aliphatic carbocycles. The van der Waals surface area contributed by atoms with Crippen LogP contribution in [0, 0.1) is 0 Å². The van der Waals surface area contributed by atoms with Crippen molar-refractivity contribution in [2.75, 3.05) is 26.4 Å². The molecule has 344 valence electrons. The van der Waals surface area contributed by atoms with Gasteiger partial charge >= 0.3 is 19.8 Å². The number of allylic oxidation sites excluding steroid dienone is 8. The number of carbonyl (C=O) groups is 2. The number of unbranched alkanes of at least 4 members (excludes halogenated alkanes) is 24. The van der Waals surface area contributed by atoms with E-state index in [4.69, 9.17) is 24.3 Å². The van der Waals surface area contributed by atoms with Gasteiger partial charge in [0.15, 0.2) is 6.10 Å². The zero-order valence-electron chi connectivity index (χ0n) is 38.0. The third-order valence-corrected chi connectivity index (χ3v) is 11.2. The average Bonchev–Trinajstić information content (AvgIpc) is 3.22. The van der Waals surface area contributed by atoms with E-state index in [1.54, 1.807) is 0 Å². The molecule has 0 heterocycles. The fourth-order valence-electron chi connectivity index (χ4n) is 6.62. The van der Waals surface area contributed by atoms with Gasteiger partial charge < -0.3 is 20.1 Å². The van der Waals surface area contributed by atoms with Gasteiger partial charge in [0.05, 0.1) is 13.2 Å². The maximum absolute atomic E-state index is 12.6. The van der Waals surface area contributed by atoms with Crippen LogP contribution in [0.15, 0.2) is 48.6 Å². The minimum atomic E-state index is -4.39. The molecule has 0 saturated carbocycles. The van der Waals surface area contributed by atoms with E-state index in [1.165, 1.54) is 128 Å². The maximum atomic E-state index is 12.6. The summed E-state index contributed by atoms with van der Waals surface area (Å²) < 4.78 is 32.8. The van der Waals surface area contributed by atoms with Crippen LogP contribution >= 0.6 is 7.82 Å². The van der Waals surface area contributed by atoms with Crippen LogP contribution in [0.1, 0.15) is 219 Å². The van der Waals surface area contributed by atoms with Crippen LogP contribution in [-0.4, -0.2) is 49.3 Å². The van der Waals surface area contributed by atoms with Crippen LogP contribution in [0.5, 0.6) is 0 Å². The number of phosphoric ester groups is 1. The number of esters is 2. The first kappa shape index (κ1) is 57.0. The average molecular weight is 852 g/mol. The van der Waals surface area contributed by atoms with E-state index in [-0.39, 0.29) is 38.6 Å². The van der Waals surface area contributed by atoms with E-state index in [9.17, 15) is 19.0 Å². The third-order valence-electron chi connectivity index (χ3n) is 10.2. The van der Waals surface area contributed by atoms with Crippen LogP contribution in [0.4, 0.5) is 0 Å². The van der Waals surface area contributed by atoms with Crippen molar-refractivity contribution in [2.45, 2.75) is 225 Å². The van der Waals surface area contributed by atoms with E-state index in [0.29, 0.717) is 6.42 Å². The molecule has 0 spiro atoms. The smallest absolute Gasteiger partial charge is 0.462 e. The Morgan fingerprint density at radius 3 is 1.34 bits per heavy atom. The fraction of sp³-hybridized carbons (Fsp3) is 0.796. The van der Waals surface area contributed by atoms with Gasteiger partial charge in [0, 0.05) is 19.4 Å². The Balaban J connectivity index is 4.14. The summed E-state index contributed by atoms with van der Waals surface area (Å²) in [6, 6.07) is 0. The summed E-state index contributed by atoms with van der Waals surface area (Å²) in [7, 11) is -4.39.